The molecule has 1 rings (SSSR count). The maximum Gasteiger partial charge on any atom is 0.145 e. The van der Waals surface area contributed by atoms with Gasteiger partial charge in [-0.3, -0.25) is 0 Å². The fourth-order valence-electron chi connectivity index (χ4n) is 2.10. The van der Waals surface area contributed by atoms with Gasteiger partial charge in [-0.2, -0.15) is 0 Å². The van der Waals surface area contributed by atoms with Gasteiger partial charge in [-0.05, 0) is 38.5 Å². The van der Waals surface area contributed by atoms with Crippen LogP contribution >= 0.6 is 0 Å². The Morgan fingerprint density at radius 1 is 1.15 bits per heavy atom. The van der Waals surface area contributed by atoms with Crippen LogP contribution in [0.15, 0.2) is 12.1 Å². The van der Waals surface area contributed by atoms with E-state index in [4.69, 9.17) is 9.47 Å². The fraction of sp³-hybridized carbons (Fsp3) is 0.625. The van der Waals surface area contributed by atoms with Gasteiger partial charge in [0, 0.05) is 18.7 Å². The average Bonchev–Trinajstić information content (AvgIpc) is 2.50. The predicted molar refractivity (Wildman–Crippen MR) is 83.9 cm³/mol. The maximum absolute atomic E-state index is 5.35. The minimum absolute atomic E-state index is 0.689. The molecule has 0 aliphatic heterocycles. The predicted octanol–water partition coefficient (Wildman–Crippen LogP) is 3.04. The Labute approximate surface area is 123 Å². The molecule has 0 unspecified atom stereocenters. The number of benzene rings is 1. The summed E-state index contributed by atoms with van der Waals surface area (Å²) in [6.07, 6.45) is 2.35. The lowest BCUT2D eigenvalue weighted by molar-refractivity contribution is 0.298. The molecule has 0 aliphatic carbocycles. The van der Waals surface area contributed by atoms with E-state index in [-0.39, 0.29) is 0 Å². The van der Waals surface area contributed by atoms with E-state index in [1.807, 2.05) is 12.1 Å². The zero-order valence-corrected chi connectivity index (χ0v) is 13.2. The molecule has 1 N–H and O–H groups in total. The number of rotatable bonds is 10. The van der Waals surface area contributed by atoms with Gasteiger partial charge in [-0.1, -0.05) is 13.8 Å². The normalized spacial score (nSPS) is 10.7. The molecule has 4 heteroatoms. The number of methoxy groups -OCH3 is 2. The molecule has 0 amide bonds. The second-order valence-electron chi connectivity index (χ2n) is 4.64. The van der Waals surface area contributed by atoms with Crippen LogP contribution in [0.1, 0.15) is 26.7 Å². The number of anilines is 1. The summed E-state index contributed by atoms with van der Waals surface area (Å²) in [5.41, 5.74) is 0.969. The minimum Gasteiger partial charge on any atom is -0.496 e. The van der Waals surface area contributed by atoms with Crippen molar-refractivity contribution < 1.29 is 9.47 Å². The summed E-state index contributed by atoms with van der Waals surface area (Å²) in [6, 6.07) is 6.79. The van der Waals surface area contributed by atoms with E-state index >= 15 is 0 Å². The molecule has 20 heavy (non-hydrogen) atoms. The molecule has 4 nitrogen and oxygen atoms in total. The Balaban J connectivity index is 2.34. The van der Waals surface area contributed by atoms with Gasteiger partial charge in [0.1, 0.15) is 11.5 Å². The number of unbranched alkanes of at least 4 members (excludes halogenated alkanes) is 1. The van der Waals surface area contributed by atoms with Crippen molar-refractivity contribution >= 4 is 5.69 Å². The van der Waals surface area contributed by atoms with Crippen LogP contribution in [0.2, 0.25) is 0 Å². The third-order valence-electron chi connectivity index (χ3n) is 3.44. The minimum atomic E-state index is 0.689. The van der Waals surface area contributed by atoms with Crippen LogP contribution in [-0.4, -0.2) is 45.3 Å². The van der Waals surface area contributed by atoms with Gasteiger partial charge < -0.3 is 19.7 Å². The molecule has 0 fully saturated rings. The summed E-state index contributed by atoms with van der Waals surface area (Å²) < 4.78 is 10.5. The molecule has 0 spiro atoms. The van der Waals surface area contributed by atoms with Gasteiger partial charge in [0.2, 0.25) is 0 Å². The van der Waals surface area contributed by atoms with Crippen LogP contribution in [0.4, 0.5) is 5.69 Å². The quantitative estimate of drug-likeness (QED) is 0.668. The molecule has 0 saturated carbocycles. The van der Waals surface area contributed by atoms with Gasteiger partial charge in [-0.25, -0.2) is 0 Å². The second kappa shape index (κ2) is 9.48. The van der Waals surface area contributed by atoms with E-state index in [9.17, 15) is 0 Å². The van der Waals surface area contributed by atoms with Crippen LogP contribution in [0.25, 0.3) is 0 Å². The number of ether oxygens (including phenoxy) is 2. The van der Waals surface area contributed by atoms with Crippen LogP contribution in [-0.2, 0) is 0 Å². The van der Waals surface area contributed by atoms with Crippen molar-refractivity contribution in [3.8, 4) is 11.5 Å². The summed E-state index contributed by atoms with van der Waals surface area (Å²) in [7, 11) is 3.30. The van der Waals surface area contributed by atoms with Crippen molar-refractivity contribution in [1.82, 2.24) is 4.90 Å². The first-order valence-corrected chi connectivity index (χ1v) is 7.35. The lowest BCUT2D eigenvalue weighted by Gasteiger charge is -2.18. The van der Waals surface area contributed by atoms with E-state index < -0.39 is 0 Å². The lowest BCUT2D eigenvalue weighted by Crippen LogP contribution is -2.24. The molecule has 1 radical (unpaired) electrons. The first-order chi connectivity index (χ1) is 9.74. The fourth-order valence-corrected chi connectivity index (χ4v) is 2.10. The van der Waals surface area contributed by atoms with Crippen LogP contribution in [0.5, 0.6) is 11.5 Å². The largest absolute Gasteiger partial charge is 0.496 e. The van der Waals surface area contributed by atoms with E-state index in [2.05, 4.69) is 30.1 Å². The van der Waals surface area contributed by atoms with E-state index in [0.29, 0.717) is 5.75 Å². The highest BCUT2D eigenvalue weighted by atomic mass is 16.5. The van der Waals surface area contributed by atoms with Gasteiger partial charge in [0.25, 0.3) is 0 Å². The van der Waals surface area contributed by atoms with E-state index in [1.165, 1.54) is 13.0 Å². The van der Waals surface area contributed by atoms with Crippen LogP contribution in [0, 0.1) is 6.07 Å². The summed E-state index contributed by atoms with van der Waals surface area (Å²) in [6.45, 7) is 8.79. The molecular formula is C16H27N2O2. The first kappa shape index (κ1) is 16.6. The third kappa shape index (κ3) is 5.29. The summed E-state index contributed by atoms with van der Waals surface area (Å²) >= 11 is 0. The van der Waals surface area contributed by atoms with Gasteiger partial charge in [-0.15, -0.1) is 0 Å². The number of nitrogens with zero attached hydrogens (tertiary/aromatic N) is 1. The Hall–Kier alpha value is -1.42. The maximum atomic E-state index is 5.35. The first-order valence-electron chi connectivity index (χ1n) is 7.35. The Morgan fingerprint density at radius 2 is 1.90 bits per heavy atom. The SMILES string of the molecule is CCN(CC)CCCCNc1c[c]c(OC)cc1OC. The van der Waals surface area contributed by atoms with Gasteiger partial charge >= 0.3 is 0 Å². The van der Waals surface area contributed by atoms with E-state index in [0.717, 1.165) is 37.5 Å². The summed E-state index contributed by atoms with van der Waals surface area (Å²) in [5, 5.41) is 3.39. The molecular weight excluding hydrogens is 252 g/mol. The molecule has 0 saturated heterocycles. The molecule has 1 aromatic carbocycles. The highest BCUT2D eigenvalue weighted by Crippen LogP contribution is 2.28. The van der Waals surface area contributed by atoms with Crippen molar-refractivity contribution in [3.63, 3.8) is 0 Å². The number of hydrogen-bond acceptors (Lipinski definition) is 4. The van der Waals surface area contributed by atoms with Gasteiger partial charge in [0.05, 0.1) is 19.9 Å². The smallest absolute Gasteiger partial charge is 0.145 e. The van der Waals surface area contributed by atoms with Crippen molar-refractivity contribution in [2.24, 2.45) is 0 Å². The standard InChI is InChI=1S/C16H27N2O2/c1-5-18(6-2)12-8-7-11-17-15-10-9-14(19-3)13-16(15)20-4/h10,13,17H,5-8,11-12H2,1-4H3. The highest BCUT2D eigenvalue weighted by Gasteiger charge is 2.04. The zero-order valence-electron chi connectivity index (χ0n) is 13.2. The molecule has 0 heterocycles. The van der Waals surface area contributed by atoms with E-state index in [1.54, 1.807) is 14.2 Å². The molecule has 0 aliphatic rings. The molecule has 113 valence electrons. The lowest BCUT2D eigenvalue weighted by atomic mass is 10.2. The summed E-state index contributed by atoms with van der Waals surface area (Å²) in [5.74, 6) is 1.48. The average molecular weight is 279 g/mol. The summed E-state index contributed by atoms with van der Waals surface area (Å²) in [4.78, 5) is 2.45. The monoisotopic (exact) mass is 279 g/mol. The van der Waals surface area contributed by atoms with Gasteiger partial charge in [0.15, 0.2) is 0 Å². The molecule has 0 aromatic heterocycles. The zero-order chi connectivity index (χ0) is 14.8. The topological polar surface area (TPSA) is 33.7 Å². The molecule has 0 atom stereocenters. The van der Waals surface area contributed by atoms with Crippen molar-refractivity contribution in [2.75, 3.05) is 45.7 Å². The Bertz CT molecular complexity index is 379. The van der Waals surface area contributed by atoms with Crippen molar-refractivity contribution in [2.45, 2.75) is 26.7 Å². The highest BCUT2D eigenvalue weighted by molar-refractivity contribution is 5.58. The van der Waals surface area contributed by atoms with Crippen LogP contribution < -0.4 is 14.8 Å². The Kier molecular flexibility index (Phi) is 7.88. The number of hydrogen-bond donors (Lipinski definition) is 1. The van der Waals surface area contributed by atoms with Crippen LogP contribution in [0.3, 0.4) is 0 Å². The Morgan fingerprint density at radius 3 is 2.50 bits per heavy atom. The molecule has 1 aromatic rings. The second-order valence-corrected chi connectivity index (χ2v) is 4.64. The molecule has 0 bridgehead atoms. The number of nitrogens with one attached hydrogen (secondary N) is 1. The van der Waals surface area contributed by atoms with Crippen molar-refractivity contribution in [1.29, 1.82) is 0 Å². The van der Waals surface area contributed by atoms with Crippen molar-refractivity contribution in [3.05, 3.63) is 18.2 Å². The third-order valence-corrected chi connectivity index (χ3v) is 3.44.